The highest BCUT2D eigenvalue weighted by atomic mass is 16.5. The average molecular weight is 300 g/mol. The summed E-state index contributed by atoms with van der Waals surface area (Å²) in [5, 5.41) is 10.4. The highest BCUT2D eigenvalue weighted by Gasteiger charge is 2.00. The third-order valence-electron chi connectivity index (χ3n) is 3.22. The van der Waals surface area contributed by atoms with Crippen LogP contribution in [0.15, 0.2) is 40.0 Å². The number of hydrogen-bond acceptors (Lipinski definition) is 3. The zero-order valence-corrected chi connectivity index (χ0v) is 13.5. The third-order valence-corrected chi connectivity index (χ3v) is 3.22. The maximum Gasteiger partial charge on any atom is 0.191 e. The minimum atomic E-state index is 0.509. The smallest absolute Gasteiger partial charge is 0.191 e. The van der Waals surface area contributed by atoms with E-state index in [1.807, 2.05) is 6.07 Å². The lowest BCUT2D eigenvalue weighted by atomic mass is 10.1. The van der Waals surface area contributed by atoms with Crippen LogP contribution in [0.1, 0.15) is 29.3 Å². The summed E-state index contributed by atoms with van der Waals surface area (Å²) in [7, 11) is 0. The molecule has 2 N–H and O–H groups in total. The van der Waals surface area contributed by atoms with E-state index in [9.17, 15) is 0 Å². The summed E-state index contributed by atoms with van der Waals surface area (Å²) in [6, 6.07) is 8.48. The lowest BCUT2D eigenvalue weighted by Crippen LogP contribution is -2.38. The van der Waals surface area contributed by atoms with Crippen molar-refractivity contribution in [3.8, 4) is 0 Å². The first kappa shape index (κ1) is 16.1. The number of rotatable bonds is 6. The van der Waals surface area contributed by atoms with E-state index >= 15 is 0 Å². The molecule has 2 aromatic rings. The van der Waals surface area contributed by atoms with Crippen LogP contribution in [0.3, 0.4) is 0 Å². The number of nitrogens with zero attached hydrogens (tertiary/aromatic N) is 2. The van der Waals surface area contributed by atoms with E-state index in [1.54, 1.807) is 6.26 Å². The zero-order chi connectivity index (χ0) is 15.8. The van der Waals surface area contributed by atoms with Gasteiger partial charge in [0.2, 0.25) is 0 Å². The highest BCUT2D eigenvalue weighted by molar-refractivity contribution is 5.79. The summed E-state index contributed by atoms with van der Waals surface area (Å²) >= 11 is 0. The van der Waals surface area contributed by atoms with E-state index in [1.165, 1.54) is 16.7 Å². The fourth-order valence-corrected chi connectivity index (χ4v) is 2.36. The Balaban J connectivity index is 1.87. The van der Waals surface area contributed by atoms with E-state index in [2.05, 4.69) is 59.8 Å². The predicted octanol–water partition coefficient (Wildman–Crippen LogP) is 2.59. The van der Waals surface area contributed by atoms with Crippen LogP contribution in [-0.4, -0.2) is 24.2 Å². The first-order valence-electron chi connectivity index (χ1n) is 7.66. The Labute approximate surface area is 131 Å². The van der Waals surface area contributed by atoms with Gasteiger partial charge in [0, 0.05) is 19.2 Å². The highest BCUT2D eigenvalue weighted by Crippen LogP contribution is 2.08. The fraction of sp³-hybridized carbons (Fsp3) is 0.412. The zero-order valence-electron chi connectivity index (χ0n) is 13.5. The molecule has 0 aliphatic rings. The number of aliphatic imine (C=N–C) groups is 1. The monoisotopic (exact) mass is 300 g/mol. The minimum Gasteiger partial charge on any atom is -0.364 e. The van der Waals surface area contributed by atoms with Crippen LogP contribution in [-0.2, 0) is 13.0 Å². The van der Waals surface area contributed by atoms with Gasteiger partial charge in [0.1, 0.15) is 12.0 Å². The molecule has 5 nitrogen and oxygen atoms in total. The number of guanidine groups is 1. The molecule has 2 rings (SSSR count). The number of nitrogens with one attached hydrogen (secondary N) is 2. The summed E-state index contributed by atoms with van der Waals surface area (Å²) in [6.45, 7) is 8.50. The third kappa shape index (κ3) is 5.24. The summed E-state index contributed by atoms with van der Waals surface area (Å²) < 4.78 is 4.81. The Morgan fingerprint density at radius 3 is 2.59 bits per heavy atom. The molecule has 5 heteroatoms. The molecular formula is C17H24N4O. The Morgan fingerprint density at radius 1 is 1.18 bits per heavy atom. The average Bonchev–Trinajstić information content (AvgIpc) is 2.97. The van der Waals surface area contributed by atoms with E-state index in [-0.39, 0.29) is 0 Å². The van der Waals surface area contributed by atoms with Crippen molar-refractivity contribution in [1.29, 1.82) is 0 Å². The molecule has 0 saturated heterocycles. The first-order valence-corrected chi connectivity index (χ1v) is 7.66. The molecule has 0 amide bonds. The maximum absolute atomic E-state index is 4.81. The fourth-order valence-electron chi connectivity index (χ4n) is 2.36. The van der Waals surface area contributed by atoms with Crippen LogP contribution >= 0.6 is 0 Å². The molecule has 0 unspecified atom stereocenters. The van der Waals surface area contributed by atoms with E-state index in [4.69, 9.17) is 4.52 Å². The van der Waals surface area contributed by atoms with Crippen molar-refractivity contribution in [1.82, 2.24) is 15.8 Å². The summed E-state index contributed by atoms with van der Waals surface area (Å²) in [5.41, 5.74) is 4.78. The molecule has 0 radical (unpaired) electrons. The molecule has 22 heavy (non-hydrogen) atoms. The van der Waals surface area contributed by atoms with E-state index in [0.29, 0.717) is 6.54 Å². The van der Waals surface area contributed by atoms with Gasteiger partial charge in [0.15, 0.2) is 5.96 Å². The molecule has 0 bridgehead atoms. The van der Waals surface area contributed by atoms with Gasteiger partial charge in [-0.3, -0.25) is 0 Å². The van der Waals surface area contributed by atoms with Gasteiger partial charge in [-0.05, 0) is 32.8 Å². The topological polar surface area (TPSA) is 62.5 Å². The molecule has 0 fully saturated rings. The standard InChI is InChI=1S/C17H24N4O/c1-4-18-17(20-12-16-6-8-22-21-16)19-7-5-15-10-13(2)9-14(3)11-15/h6,8-11H,4-5,7,12H2,1-3H3,(H2,18,19,20). The Bertz CT molecular complexity index is 585. The molecule has 0 atom stereocenters. The van der Waals surface area contributed by atoms with Crippen LogP contribution in [0.2, 0.25) is 0 Å². The number of benzene rings is 1. The van der Waals surface area contributed by atoms with Crippen molar-refractivity contribution in [3.05, 3.63) is 52.9 Å². The summed E-state index contributed by atoms with van der Waals surface area (Å²) in [6.07, 6.45) is 2.53. The van der Waals surface area contributed by atoms with Crippen molar-refractivity contribution in [3.63, 3.8) is 0 Å². The number of aryl methyl sites for hydroxylation is 2. The number of hydrogen-bond donors (Lipinski definition) is 2. The largest absolute Gasteiger partial charge is 0.364 e. The van der Waals surface area contributed by atoms with Crippen LogP contribution in [0.25, 0.3) is 0 Å². The van der Waals surface area contributed by atoms with E-state index < -0.39 is 0 Å². The van der Waals surface area contributed by atoms with Crippen molar-refractivity contribution >= 4 is 5.96 Å². The van der Waals surface area contributed by atoms with Gasteiger partial charge >= 0.3 is 0 Å². The van der Waals surface area contributed by atoms with Crippen molar-refractivity contribution in [2.75, 3.05) is 13.1 Å². The van der Waals surface area contributed by atoms with Gasteiger partial charge in [-0.1, -0.05) is 34.5 Å². The van der Waals surface area contributed by atoms with Gasteiger partial charge in [0.25, 0.3) is 0 Å². The minimum absolute atomic E-state index is 0.509. The van der Waals surface area contributed by atoms with Gasteiger partial charge < -0.3 is 15.2 Å². The van der Waals surface area contributed by atoms with Gasteiger partial charge in [-0.15, -0.1) is 0 Å². The van der Waals surface area contributed by atoms with Crippen molar-refractivity contribution in [2.45, 2.75) is 33.7 Å². The molecule has 118 valence electrons. The summed E-state index contributed by atoms with van der Waals surface area (Å²) in [4.78, 5) is 4.49. The number of aromatic nitrogens is 1. The van der Waals surface area contributed by atoms with Gasteiger partial charge in [-0.25, -0.2) is 4.99 Å². The maximum atomic E-state index is 4.81. The Hall–Kier alpha value is -2.30. The predicted molar refractivity (Wildman–Crippen MR) is 88.9 cm³/mol. The quantitative estimate of drug-likeness (QED) is 0.636. The first-order chi connectivity index (χ1) is 10.7. The van der Waals surface area contributed by atoms with Gasteiger partial charge in [-0.2, -0.15) is 0 Å². The molecule has 1 heterocycles. The van der Waals surface area contributed by atoms with Crippen LogP contribution in [0.5, 0.6) is 0 Å². The van der Waals surface area contributed by atoms with Crippen molar-refractivity contribution in [2.24, 2.45) is 4.99 Å². The molecule has 0 saturated carbocycles. The second kappa shape index (κ2) is 8.22. The molecule has 0 spiro atoms. The SMILES string of the molecule is CCNC(=NCc1ccon1)NCCc1cc(C)cc(C)c1. The molecule has 0 aliphatic carbocycles. The molecular weight excluding hydrogens is 276 g/mol. The summed E-state index contributed by atoms with van der Waals surface area (Å²) in [5.74, 6) is 0.801. The normalized spacial score (nSPS) is 11.5. The lowest BCUT2D eigenvalue weighted by Gasteiger charge is -2.11. The Kier molecular flexibility index (Phi) is 6.01. The molecule has 0 aliphatic heterocycles. The molecule has 1 aromatic carbocycles. The van der Waals surface area contributed by atoms with Gasteiger partial charge in [0.05, 0.1) is 6.54 Å². The second-order valence-electron chi connectivity index (χ2n) is 5.36. The van der Waals surface area contributed by atoms with Crippen LogP contribution in [0, 0.1) is 13.8 Å². The van der Waals surface area contributed by atoms with Crippen LogP contribution in [0.4, 0.5) is 0 Å². The van der Waals surface area contributed by atoms with Crippen LogP contribution < -0.4 is 10.6 Å². The van der Waals surface area contributed by atoms with Crippen molar-refractivity contribution < 1.29 is 4.52 Å². The second-order valence-corrected chi connectivity index (χ2v) is 5.36. The lowest BCUT2D eigenvalue weighted by molar-refractivity contribution is 0.412. The Morgan fingerprint density at radius 2 is 1.95 bits per heavy atom. The van der Waals surface area contributed by atoms with E-state index in [0.717, 1.165) is 31.2 Å². The molecule has 1 aromatic heterocycles.